The fraction of sp³-hybridized carbons (Fsp3) is 0.310. The van der Waals surface area contributed by atoms with Gasteiger partial charge in [0.1, 0.15) is 11.6 Å². The summed E-state index contributed by atoms with van der Waals surface area (Å²) in [5, 5.41) is 3.49. The Morgan fingerprint density at radius 2 is 1.82 bits per heavy atom. The molecule has 10 heteroatoms. The summed E-state index contributed by atoms with van der Waals surface area (Å²) >= 11 is 1.48. The number of hydrogen-bond acceptors (Lipinski definition) is 9. The van der Waals surface area contributed by atoms with Gasteiger partial charge in [-0.25, -0.2) is 9.97 Å². The number of ether oxygens (including phenoxy) is 1. The Morgan fingerprint density at radius 1 is 1.00 bits per heavy atom. The van der Waals surface area contributed by atoms with Crippen molar-refractivity contribution in [1.29, 1.82) is 0 Å². The van der Waals surface area contributed by atoms with Gasteiger partial charge in [0, 0.05) is 52.1 Å². The van der Waals surface area contributed by atoms with E-state index in [-0.39, 0.29) is 11.7 Å². The lowest BCUT2D eigenvalue weighted by Gasteiger charge is -2.35. The van der Waals surface area contributed by atoms with Crippen LogP contribution in [0.15, 0.2) is 82.5 Å². The van der Waals surface area contributed by atoms with E-state index in [4.69, 9.17) is 14.1 Å². The van der Waals surface area contributed by atoms with Crippen LogP contribution in [0.5, 0.6) is 0 Å². The molecule has 1 fully saturated rings. The van der Waals surface area contributed by atoms with E-state index in [1.54, 1.807) is 19.4 Å². The SMILES string of the molecule is COCc1cc(N2CCN(Cc3ccccc3)CC2)nc(SCc2ccc(C(=O)NCc3ccccn3)o2)n1. The zero-order valence-electron chi connectivity index (χ0n) is 22.0. The number of rotatable bonds is 11. The van der Waals surface area contributed by atoms with Gasteiger partial charge in [0.25, 0.3) is 5.91 Å². The Bertz CT molecular complexity index is 1340. The van der Waals surface area contributed by atoms with Crippen LogP contribution in [-0.4, -0.2) is 59.0 Å². The number of piperazine rings is 1. The van der Waals surface area contributed by atoms with Crippen molar-refractivity contribution >= 4 is 23.5 Å². The van der Waals surface area contributed by atoms with Crippen LogP contribution in [0, 0.1) is 0 Å². The lowest BCUT2D eigenvalue weighted by atomic mass is 10.2. The molecular weight excluding hydrogens is 512 g/mol. The number of amides is 1. The van der Waals surface area contributed by atoms with E-state index in [9.17, 15) is 4.79 Å². The van der Waals surface area contributed by atoms with Crippen LogP contribution in [0.2, 0.25) is 0 Å². The molecule has 0 radical (unpaired) electrons. The number of aromatic nitrogens is 3. The maximum atomic E-state index is 12.5. The van der Waals surface area contributed by atoms with E-state index in [2.05, 4.69) is 55.4 Å². The summed E-state index contributed by atoms with van der Waals surface area (Å²) in [5.74, 6) is 2.09. The van der Waals surface area contributed by atoms with Gasteiger partial charge in [0.2, 0.25) is 0 Å². The lowest BCUT2D eigenvalue weighted by Crippen LogP contribution is -2.46. The average molecular weight is 545 g/mol. The molecule has 4 heterocycles. The molecule has 0 spiro atoms. The Hall–Kier alpha value is -3.73. The predicted molar refractivity (Wildman–Crippen MR) is 150 cm³/mol. The van der Waals surface area contributed by atoms with E-state index in [0.717, 1.165) is 49.9 Å². The van der Waals surface area contributed by atoms with Gasteiger partial charge in [-0.2, -0.15) is 0 Å². The fourth-order valence-electron chi connectivity index (χ4n) is 4.36. The molecule has 0 bridgehead atoms. The monoisotopic (exact) mass is 544 g/mol. The molecule has 3 aromatic heterocycles. The van der Waals surface area contributed by atoms with Crippen molar-refractivity contribution in [3.8, 4) is 0 Å². The highest BCUT2D eigenvalue weighted by atomic mass is 32.2. The number of hydrogen-bond donors (Lipinski definition) is 1. The van der Waals surface area contributed by atoms with E-state index in [0.29, 0.717) is 29.8 Å². The largest absolute Gasteiger partial charge is 0.455 e. The highest BCUT2D eigenvalue weighted by molar-refractivity contribution is 7.98. The van der Waals surface area contributed by atoms with Crippen LogP contribution >= 0.6 is 11.8 Å². The molecule has 0 saturated carbocycles. The number of benzene rings is 1. The maximum absolute atomic E-state index is 12.5. The highest BCUT2D eigenvalue weighted by Crippen LogP contribution is 2.25. The number of thioether (sulfide) groups is 1. The van der Waals surface area contributed by atoms with Crippen molar-refractivity contribution < 1.29 is 13.9 Å². The standard InChI is InChI=1S/C29H32N6O3S/c1-37-20-24-17-27(35-15-13-34(14-16-35)19-22-7-3-2-4-8-22)33-29(32-24)39-21-25-10-11-26(38-25)28(36)31-18-23-9-5-6-12-30-23/h2-12,17H,13-16,18-21H2,1H3,(H,31,36). The molecule has 1 N–H and O–H groups in total. The minimum absolute atomic E-state index is 0.268. The summed E-state index contributed by atoms with van der Waals surface area (Å²) < 4.78 is 11.2. The van der Waals surface area contributed by atoms with E-state index in [1.165, 1.54) is 17.3 Å². The molecule has 4 aromatic rings. The van der Waals surface area contributed by atoms with Gasteiger partial charge in [-0.15, -0.1) is 0 Å². The number of anilines is 1. The van der Waals surface area contributed by atoms with Crippen LogP contribution in [0.4, 0.5) is 5.82 Å². The van der Waals surface area contributed by atoms with E-state index >= 15 is 0 Å². The van der Waals surface area contributed by atoms with Crippen molar-refractivity contribution in [3.63, 3.8) is 0 Å². The Balaban J connectivity index is 1.17. The molecule has 1 saturated heterocycles. The molecule has 0 unspecified atom stereocenters. The number of nitrogens with zero attached hydrogens (tertiary/aromatic N) is 5. The minimum Gasteiger partial charge on any atom is -0.455 e. The molecule has 0 atom stereocenters. The van der Waals surface area contributed by atoms with Crippen molar-refractivity contribution in [2.75, 3.05) is 38.2 Å². The van der Waals surface area contributed by atoms with Crippen LogP contribution in [0.1, 0.15) is 33.3 Å². The summed E-state index contributed by atoms with van der Waals surface area (Å²) in [5.41, 5.74) is 2.96. The third-order valence-corrected chi connectivity index (χ3v) is 7.24. The molecular formula is C29H32N6O3S. The van der Waals surface area contributed by atoms with Gasteiger partial charge in [0.15, 0.2) is 10.9 Å². The number of furan rings is 1. The van der Waals surface area contributed by atoms with Gasteiger partial charge in [-0.05, 0) is 29.8 Å². The Labute approximate surface area is 232 Å². The molecule has 1 aliphatic rings. The molecule has 9 nitrogen and oxygen atoms in total. The molecule has 1 aliphatic heterocycles. The number of carbonyl (C=O) groups is 1. The van der Waals surface area contributed by atoms with Gasteiger partial charge in [-0.3, -0.25) is 14.7 Å². The van der Waals surface area contributed by atoms with Crippen LogP contribution in [0.3, 0.4) is 0 Å². The minimum atomic E-state index is -0.274. The molecule has 0 aliphatic carbocycles. The van der Waals surface area contributed by atoms with Crippen molar-refractivity contribution in [2.45, 2.75) is 30.6 Å². The third-order valence-electron chi connectivity index (χ3n) is 6.37. The first kappa shape index (κ1) is 26.9. The Morgan fingerprint density at radius 3 is 2.59 bits per heavy atom. The molecule has 202 valence electrons. The number of pyridine rings is 1. The number of methoxy groups -OCH3 is 1. The van der Waals surface area contributed by atoms with Crippen molar-refractivity contribution in [1.82, 2.24) is 25.2 Å². The number of carbonyl (C=O) groups excluding carboxylic acids is 1. The van der Waals surface area contributed by atoms with Gasteiger partial charge in [0.05, 0.1) is 30.3 Å². The maximum Gasteiger partial charge on any atom is 0.287 e. The van der Waals surface area contributed by atoms with Gasteiger partial charge in [-0.1, -0.05) is 48.2 Å². The second kappa shape index (κ2) is 13.4. The fourth-order valence-corrected chi connectivity index (χ4v) is 5.12. The quantitative estimate of drug-likeness (QED) is 0.221. The molecule has 1 aromatic carbocycles. The summed E-state index contributed by atoms with van der Waals surface area (Å²) in [6.45, 7) is 5.45. The van der Waals surface area contributed by atoms with E-state index < -0.39 is 0 Å². The highest BCUT2D eigenvalue weighted by Gasteiger charge is 2.20. The first-order valence-electron chi connectivity index (χ1n) is 12.9. The van der Waals surface area contributed by atoms with E-state index in [1.807, 2.05) is 30.3 Å². The zero-order valence-corrected chi connectivity index (χ0v) is 22.8. The smallest absolute Gasteiger partial charge is 0.287 e. The van der Waals surface area contributed by atoms with Crippen molar-refractivity contribution in [2.24, 2.45) is 0 Å². The van der Waals surface area contributed by atoms with Crippen LogP contribution < -0.4 is 10.2 Å². The van der Waals surface area contributed by atoms with Crippen LogP contribution in [0.25, 0.3) is 0 Å². The average Bonchev–Trinajstić information content (AvgIpc) is 3.46. The summed E-state index contributed by atoms with van der Waals surface area (Å²) in [4.78, 5) is 31.0. The van der Waals surface area contributed by atoms with Gasteiger partial charge < -0.3 is 19.4 Å². The predicted octanol–water partition coefficient (Wildman–Crippen LogP) is 4.16. The second-order valence-corrected chi connectivity index (χ2v) is 10.2. The number of nitrogens with one attached hydrogen (secondary N) is 1. The lowest BCUT2D eigenvalue weighted by molar-refractivity contribution is 0.0921. The second-order valence-electron chi connectivity index (χ2n) is 9.24. The summed E-state index contributed by atoms with van der Waals surface area (Å²) in [6, 6.07) is 21.7. The molecule has 5 rings (SSSR count). The van der Waals surface area contributed by atoms with Gasteiger partial charge >= 0.3 is 0 Å². The summed E-state index contributed by atoms with van der Waals surface area (Å²) in [6.07, 6.45) is 1.70. The third kappa shape index (κ3) is 7.66. The Kier molecular flexibility index (Phi) is 9.21. The normalized spacial score (nSPS) is 13.9. The first-order chi connectivity index (χ1) is 19.2. The zero-order chi connectivity index (χ0) is 26.9. The molecule has 1 amide bonds. The summed E-state index contributed by atoms with van der Waals surface area (Å²) in [7, 11) is 1.67. The molecule has 39 heavy (non-hydrogen) atoms. The topological polar surface area (TPSA) is 96.6 Å². The van der Waals surface area contributed by atoms with Crippen molar-refractivity contribution in [3.05, 3.63) is 101 Å². The first-order valence-corrected chi connectivity index (χ1v) is 13.9. The van der Waals surface area contributed by atoms with Crippen LogP contribution in [-0.2, 0) is 30.2 Å².